The average Bonchev–Trinajstić information content (AvgIpc) is 2.99. The van der Waals surface area contributed by atoms with Gasteiger partial charge < -0.3 is 10.2 Å². The number of nitrogens with zero attached hydrogens (tertiary/aromatic N) is 3. The molecule has 1 aromatic heterocycles. The highest BCUT2D eigenvalue weighted by Crippen LogP contribution is 2.36. The van der Waals surface area contributed by atoms with Crippen molar-refractivity contribution in [1.82, 2.24) is 9.97 Å². The van der Waals surface area contributed by atoms with E-state index in [0.29, 0.717) is 11.7 Å². The number of hydrogen-bond acceptors (Lipinski definition) is 4. The second-order valence-corrected chi connectivity index (χ2v) is 6.58. The van der Waals surface area contributed by atoms with Gasteiger partial charge in [0.15, 0.2) is 5.82 Å². The molecule has 0 aliphatic carbocycles. The predicted octanol–water partition coefficient (Wildman–Crippen LogP) is 4.12. The Hall–Kier alpha value is -3.21. The third-order valence-electron chi connectivity index (χ3n) is 4.72. The third kappa shape index (κ3) is 2.92. The van der Waals surface area contributed by atoms with Crippen LogP contribution in [0.2, 0.25) is 0 Å². The average molecular weight is 344 g/mol. The van der Waals surface area contributed by atoms with Crippen LogP contribution in [0.3, 0.4) is 0 Å². The summed E-state index contributed by atoms with van der Waals surface area (Å²) in [5.74, 6) is 0.503. The van der Waals surface area contributed by atoms with Gasteiger partial charge in [0, 0.05) is 17.4 Å². The van der Waals surface area contributed by atoms with Crippen molar-refractivity contribution in [2.24, 2.45) is 0 Å². The first kappa shape index (κ1) is 16.3. The molecule has 0 spiro atoms. The fourth-order valence-corrected chi connectivity index (χ4v) is 3.38. The van der Waals surface area contributed by atoms with Crippen molar-refractivity contribution < 1.29 is 4.79 Å². The summed E-state index contributed by atoms with van der Waals surface area (Å²) in [6.07, 6.45) is 4.19. The van der Waals surface area contributed by atoms with Crippen LogP contribution in [-0.4, -0.2) is 21.9 Å². The number of carbonyl (C=O) groups excluding carboxylic acids is 1. The van der Waals surface area contributed by atoms with Gasteiger partial charge >= 0.3 is 0 Å². The van der Waals surface area contributed by atoms with Crippen LogP contribution in [0.1, 0.15) is 28.5 Å². The van der Waals surface area contributed by atoms with Crippen LogP contribution in [0.25, 0.3) is 0 Å². The van der Waals surface area contributed by atoms with Crippen molar-refractivity contribution in [3.63, 3.8) is 0 Å². The number of hydrogen-bond donors (Lipinski definition) is 1. The van der Waals surface area contributed by atoms with E-state index in [1.165, 1.54) is 11.8 Å². The Labute approximate surface area is 152 Å². The molecule has 1 N–H and O–H groups in total. The first-order valence-electron chi connectivity index (χ1n) is 8.69. The molecule has 3 aromatic rings. The number of aryl methyl sites for hydroxylation is 1. The van der Waals surface area contributed by atoms with Gasteiger partial charge in [0.2, 0.25) is 0 Å². The van der Waals surface area contributed by atoms with Crippen molar-refractivity contribution in [3.8, 4) is 0 Å². The summed E-state index contributed by atoms with van der Waals surface area (Å²) in [7, 11) is 0. The fourth-order valence-electron chi connectivity index (χ4n) is 3.38. The molecular weight excluding hydrogens is 324 g/mol. The molecule has 1 aliphatic heterocycles. The molecule has 26 heavy (non-hydrogen) atoms. The summed E-state index contributed by atoms with van der Waals surface area (Å²) < 4.78 is 0. The molecular formula is C21H20N4O. The molecule has 5 heteroatoms. The molecule has 0 bridgehead atoms. The smallest absolute Gasteiger partial charge is 0.275 e. The minimum atomic E-state index is -0.256. The van der Waals surface area contributed by atoms with Gasteiger partial charge in [-0.15, -0.1) is 0 Å². The highest BCUT2D eigenvalue weighted by molar-refractivity contribution is 6.03. The van der Waals surface area contributed by atoms with E-state index < -0.39 is 0 Å². The topological polar surface area (TPSA) is 58.1 Å². The lowest BCUT2D eigenvalue weighted by Gasteiger charge is -2.23. The summed E-state index contributed by atoms with van der Waals surface area (Å²) >= 11 is 0. The molecule has 1 unspecified atom stereocenters. The number of aromatic nitrogens is 2. The summed E-state index contributed by atoms with van der Waals surface area (Å²) in [4.78, 5) is 23.4. The molecule has 1 amide bonds. The van der Waals surface area contributed by atoms with Gasteiger partial charge in [-0.1, -0.05) is 36.4 Å². The minimum absolute atomic E-state index is 0.256. The van der Waals surface area contributed by atoms with Crippen molar-refractivity contribution in [1.29, 1.82) is 0 Å². The first-order valence-corrected chi connectivity index (χ1v) is 8.69. The molecule has 0 radical (unpaired) electrons. The van der Waals surface area contributed by atoms with E-state index in [2.05, 4.69) is 45.3 Å². The van der Waals surface area contributed by atoms with Crippen LogP contribution >= 0.6 is 0 Å². The minimum Gasteiger partial charge on any atom is -0.322 e. The number of nitrogens with one attached hydrogen (secondary N) is 1. The Morgan fingerprint density at radius 3 is 2.62 bits per heavy atom. The fraction of sp³-hybridized carbons (Fsp3) is 0.190. The quantitative estimate of drug-likeness (QED) is 0.776. The van der Waals surface area contributed by atoms with E-state index in [-0.39, 0.29) is 5.91 Å². The molecule has 5 nitrogen and oxygen atoms in total. The number of amides is 1. The maximum absolute atomic E-state index is 12.4. The Morgan fingerprint density at radius 1 is 1.08 bits per heavy atom. The lowest BCUT2D eigenvalue weighted by molar-refractivity contribution is 0.102. The maximum atomic E-state index is 12.4. The van der Waals surface area contributed by atoms with Crippen molar-refractivity contribution in [2.45, 2.75) is 26.3 Å². The van der Waals surface area contributed by atoms with Crippen molar-refractivity contribution >= 4 is 23.1 Å². The van der Waals surface area contributed by atoms with Crippen LogP contribution in [0, 0.1) is 6.92 Å². The van der Waals surface area contributed by atoms with E-state index in [1.807, 2.05) is 37.3 Å². The predicted molar refractivity (Wildman–Crippen MR) is 103 cm³/mol. The van der Waals surface area contributed by atoms with Gasteiger partial charge in [0.25, 0.3) is 5.91 Å². The number of para-hydroxylation sites is 2. The Kier molecular flexibility index (Phi) is 4.13. The normalized spacial score (nSPS) is 15.6. The van der Waals surface area contributed by atoms with E-state index in [4.69, 9.17) is 0 Å². The molecule has 4 rings (SSSR count). The molecule has 0 fully saturated rings. The number of rotatable bonds is 3. The Balaban J connectivity index is 1.56. The second-order valence-electron chi connectivity index (χ2n) is 6.58. The zero-order chi connectivity index (χ0) is 18.1. The van der Waals surface area contributed by atoms with Crippen molar-refractivity contribution in [3.05, 3.63) is 77.7 Å². The molecule has 2 aromatic carbocycles. The van der Waals surface area contributed by atoms with E-state index >= 15 is 0 Å². The van der Waals surface area contributed by atoms with Crippen LogP contribution in [0.15, 0.2) is 60.9 Å². The van der Waals surface area contributed by atoms with Crippen LogP contribution < -0.4 is 10.2 Å². The second kappa shape index (κ2) is 6.59. The van der Waals surface area contributed by atoms with E-state index in [9.17, 15) is 4.79 Å². The number of benzene rings is 2. The highest BCUT2D eigenvalue weighted by atomic mass is 16.1. The van der Waals surface area contributed by atoms with Gasteiger partial charge in [-0.2, -0.15) is 0 Å². The summed E-state index contributed by atoms with van der Waals surface area (Å²) in [5, 5.41) is 2.88. The SMILES string of the molecule is Cc1ccccc1NC(=O)c1cnc(N2c3ccccc3CC2C)cn1. The summed E-state index contributed by atoms with van der Waals surface area (Å²) in [5.41, 5.74) is 4.56. The number of anilines is 3. The summed E-state index contributed by atoms with van der Waals surface area (Å²) in [6, 6.07) is 16.3. The summed E-state index contributed by atoms with van der Waals surface area (Å²) in [6.45, 7) is 4.12. The van der Waals surface area contributed by atoms with Gasteiger partial charge in [-0.25, -0.2) is 9.97 Å². The van der Waals surface area contributed by atoms with Gasteiger partial charge in [-0.3, -0.25) is 4.79 Å². The standard InChI is InChI=1S/C21H20N4O/c1-14-7-3-5-9-17(14)24-21(26)18-12-23-20(13-22-18)25-15(2)11-16-8-4-6-10-19(16)25/h3-10,12-13,15H,11H2,1-2H3,(H,24,26). The maximum Gasteiger partial charge on any atom is 0.275 e. The van der Waals surface area contributed by atoms with Crippen LogP contribution in [-0.2, 0) is 6.42 Å². The van der Waals surface area contributed by atoms with E-state index in [0.717, 1.165) is 29.2 Å². The zero-order valence-corrected chi connectivity index (χ0v) is 14.8. The third-order valence-corrected chi connectivity index (χ3v) is 4.72. The molecule has 0 saturated carbocycles. The van der Waals surface area contributed by atoms with E-state index in [1.54, 1.807) is 6.20 Å². The molecule has 130 valence electrons. The Bertz CT molecular complexity index is 952. The molecule has 1 aliphatic rings. The highest BCUT2D eigenvalue weighted by Gasteiger charge is 2.27. The first-order chi connectivity index (χ1) is 12.6. The van der Waals surface area contributed by atoms with Crippen LogP contribution in [0.4, 0.5) is 17.2 Å². The van der Waals surface area contributed by atoms with Gasteiger partial charge in [0.1, 0.15) is 5.69 Å². The van der Waals surface area contributed by atoms with Gasteiger partial charge in [0.05, 0.1) is 12.4 Å². The van der Waals surface area contributed by atoms with Crippen LogP contribution in [0.5, 0.6) is 0 Å². The van der Waals surface area contributed by atoms with Crippen molar-refractivity contribution in [2.75, 3.05) is 10.2 Å². The largest absolute Gasteiger partial charge is 0.322 e. The molecule has 1 atom stereocenters. The number of carbonyl (C=O) groups is 1. The monoisotopic (exact) mass is 344 g/mol. The zero-order valence-electron chi connectivity index (χ0n) is 14.8. The lowest BCUT2D eigenvalue weighted by atomic mass is 10.1. The Morgan fingerprint density at radius 2 is 1.85 bits per heavy atom. The molecule has 2 heterocycles. The van der Waals surface area contributed by atoms with Gasteiger partial charge in [-0.05, 0) is 43.5 Å². The molecule has 0 saturated heterocycles. The lowest BCUT2D eigenvalue weighted by Crippen LogP contribution is -2.25. The number of fused-ring (bicyclic) bond motifs is 1.